The lowest BCUT2D eigenvalue weighted by Gasteiger charge is -2.22. The van der Waals surface area contributed by atoms with Crippen molar-refractivity contribution in [1.82, 2.24) is 0 Å². The molecule has 0 fully saturated rings. The van der Waals surface area contributed by atoms with Gasteiger partial charge in [-0.15, -0.1) is 0 Å². The fourth-order valence-corrected chi connectivity index (χ4v) is 1.87. The number of aryl methyl sites for hydroxylation is 1. The molecule has 0 bridgehead atoms. The normalized spacial score (nSPS) is 17.7. The molecule has 0 spiro atoms. The monoisotopic (exact) mass is 196 g/mol. The molecule has 0 amide bonds. The molecule has 15 heavy (non-hydrogen) atoms. The Morgan fingerprint density at radius 3 is 2.20 bits per heavy atom. The Morgan fingerprint density at radius 1 is 0.933 bits per heavy atom. The lowest BCUT2D eigenvalue weighted by molar-refractivity contribution is 0.758. The van der Waals surface area contributed by atoms with Gasteiger partial charge in [0.25, 0.3) is 0 Å². The maximum atomic E-state index is 2.25. The second-order valence-electron chi connectivity index (χ2n) is 4.26. The SMILES string of the molecule is Cc1cccc(C2(C)C=CC=CC=C2)c1. The first-order valence-electron chi connectivity index (χ1n) is 5.32. The van der Waals surface area contributed by atoms with Gasteiger partial charge < -0.3 is 0 Å². The van der Waals surface area contributed by atoms with Gasteiger partial charge in [0.1, 0.15) is 0 Å². The zero-order valence-electron chi connectivity index (χ0n) is 9.27. The van der Waals surface area contributed by atoms with E-state index in [0.717, 1.165) is 0 Å². The number of rotatable bonds is 1. The van der Waals surface area contributed by atoms with Crippen LogP contribution in [0.25, 0.3) is 0 Å². The van der Waals surface area contributed by atoms with E-state index in [-0.39, 0.29) is 5.41 Å². The first-order chi connectivity index (χ1) is 7.21. The highest BCUT2D eigenvalue weighted by molar-refractivity contribution is 5.40. The van der Waals surface area contributed by atoms with Crippen LogP contribution in [0.3, 0.4) is 0 Å². The molecule has 2 rings (SSSR count). The summed E-state index contributed by atoms with van der Waals surface area (Å²) in [5.41, 5.74) is 2.68. The molecule has 0 nitrogen and oxygen atoms in total. The minimum Gasteiger partial charge on any atom is -0.0705 e. The van der Waals surface area contributed by atoms with Gasteiger partial charge in [-0.25, -0.2) is 0 Å². The summed E-state index contributed by atoms with van der Waals surface area (Å²) in [6.07, 6.45) is 12.8. The van der Waals surface area contributed by atoms with Crippen LogP contribution in [-0.2, 0) is 5.41 Å². The molecule has 0 saturated carbocycles. The summed E-state index contributed by atoms with van der Waals surface area (Å²) in [6, 6.07) is 8.69. The number of hydrogen-bond acceptors (Lipinski definition) is 0. The van der Waals surface area contributed by atoms with E-state index in [4.69, 9.17) is 0 Å². The smallest absolute Gasteiger partial charge is 0.0289 e. The highest BCUT2D eigenvalue weighted by Gasteiger charge is 2.19. The molecule has 0 radical (unpaired) electrons. The third-order valence-electron chi connectivity index (χ3n) is 2.86. The molecule has 1 aromatic rings. The molecule has 1 aliphatic carbocycles. The molecule has 0 unspecified atom stereocenters. The van der Waals surface area contributed by atoms with E-state index in [1.54, 1.807) is 0 Å². The molecule has 1 aliphatic rings. The summed E-state index contributed by atoms with van der Waals surface area (Å²) in [6.45, 7) is 4.37. The van der Waals surface area contributed by atoms with Crippen molar-refractivity contribution in [3.8, 4) is 0 Å². The first kappa shape index (κ1) is 9.97. The molecule has 0 saturated heterocycles. The Hall–Kier alpha value is -1.56. The van der Waals surface area contributed by atoms with Gasteiger partial charge in [0, 0.05) is 5.41 Å². The summed E-state index contributed by atoms with van der Waals surface area (Å²) in [5, 5.41) is 0. The molecule has 0 aliphatic heterocycles. The van der Waals surface area contributed by atoms with E-state index < -0.39 is 0 Å². The lowest BCUT2D eigenvalue weighted by Crippen LogP contribution is -2.15. The van der Waals surface area contributed by atoms with Gasteiger partial charge in [-0.1, -0.05) is 66.3 Å². The van der Waals surface area contributed by atoms with Crippen molar-refractivity contribution < 1.29 is 0 Å². The molecular weight excluding hydrogens is 180 g/mol. The van der Waals surface area contributed by atoms with Crippen LogP contribution >= 0.6 is 0 Å². The van der Waals surface area contributed by atoms with E-state index in [1.807, 2.05) is 0 Å². The lowest BCUT2D eigenvalue weighted by atomic mass is 9.81. The van der Waals surface area contributed by atoms with Gasteiger partial charge in [-0.05, 0) is 19.4 Å². The van der Waals surface area contributed by atoms with E-state index >= 15 is 0 Å². The minimum atomic E-state index is 0.0233. The molecule has 76 valence electrons. The van der Waals surface area contributed by atoms with Gasteiger partial charge in [0.2, 0.25) is 0 Å². The highest BCUT2D eigenvalue weighted by atomic mass is 14.2. The van der Waals surface area contributed by atoms with Crippen molar-refractivity contribution in [3.63, 3.8) is 0 Å². The zero-order valence-corrected chi connectivity index (χ0v) is 9.27. The van der Waals surface area contributed by atoms with E-state index in [9.17, 15) is 0 Å². The summed E-state index contributed by atoms with van der Waals surface area (Å²) < 4.78 is 0. The highest BCUT2D eigenvalue weighted by Crippen LogP contribution is 2.28. The Bertz CT molecular complexity index is 417. The van der Waals surface area contributed by atoms with E-state index in [2.05, 4.69) is 74.6 Å². The fourth-order valence-electron chi connectivity index (χ4n) is 1.87. The fraction of sp³-hybridized carbons (Fsp3) is 0.200. The Morgan fingerprint density at radius 2 is 1.60 bits per heavy atom. The van der Waals surface area contributed by atoms with Crippen LogP contribution in [-0.4, -0.2) is 0 Å². The maximum Gasteiger partial charge on any atom is 0.0289 e. The average molecular weight is 196 g/mol. The van der Waals surface area contributed by atoms with Crippen LogP contribution in [0.15, 0.2) is 60.7 Å². The maximum absolute atomic E-state index is 2.25. The standard InChI is InChI=1S/C15H16/c1-13-8-7-9-14(12-13)15(2)10-5-3-4-6-11-15/h3-12H,1-2H3. The van der Waals surface area contributed by atoms with Crippen molar-refractivity contribution in [2.45, 2.75) is 19.3 Å². The van der Waals surface area contributed by atoms with Crippen LogP contribution in [0, 0.1) is 6.92 Å². The van der Waals surface area contributed by atoms with Crippen molar-refractivity contribution in [3.05, 3.63) is 71.8 Å². The van der Waals surface area contributed by atoms with Gasteiger partial charge in [0.15, 0.2) is 0 Å². The summed E-state index contributed by atoms with van der Waals surface area (Å²) >= 11 is 0. The number of hydrogen-bond donors (Lipinski definition) is 0. The molecule has 1 aromatic carbocycles. The largest absolute Gasteiger partial charge is 0.0705 e. The molecular formula is C15H16. The minimum absolute atomic E-state index is 0.0233. The third-order valence-corrected chi connectivity index (χ3v) is 2.86. The summed E-state index contributed by atoms with van der Waals surface area (Å²) in [7, 11) is 0. The van der Waals surface area contributed by atoms with Crippen molar-refractivity contribution in [2.75, 3.05) is 0 Å². The first-order valence-corrected chi connectivity index (χ1v) is 5.32. The second kappa shape index (κ2) is 3.90. The van der Waals surface area contributed by atoms with Crippen molar-refractivity contribution >= 4 is 0 Å². The number of allylic oxidation sites excluding steroid dienone is 6. The zero-order chi connectivity index (χ0) is 10.7. The molecule has 0 aromatic heterocycles. The van der Waals surface area contributed by atoms with Crippen LogP contribution < -0.4 is 0 Å². The molecule has 0 atom stereocenters. The Kier molecular flexibility index (Phi) is 2.59. The van der Waals surface area contributed by atoms with Gasteiger partial charge >= 0.3 is 0 Å². The molecule has 0 heterocycles. The summed E-state index contributed by atoms with van der Waals surface area (Å²) in [5.74, 6) is 0. The molecule has 0 N–H and O–H groups in total. The van der Waals surface area contributed by atoms with Gasteiger partial charge in [-0.3, -0.25) is 0 Å². The summed E-state index contributed by atoms with van der Waals surface area (Å²) in [4.78, 5) is 0. The second-order valence-corrected chi connectivity index (χ2v) is 4.26. The van der Waals surface area contributed by atoms with Crippen LogP contribution in [0.2, 0.25) is 0 Å². The number of benzene rings is 1. The van der Waals surface area contributed by atoms with Crippen LogP contribution in [0.5, 0.6) is 0 Å². The molecule has 0 heteroatoms. The predicted molar refractivity (Wildman–Crippen MR) is 66.0 cm³/mol. The van der Waals surface area contributed by atoms with Crippen LogP contribution in [0.1, 0.15) is 18.1 Å². The quantitative estimate of drug-likeness (QED) is 0.638. The Labute approximate surface area is 91.6 Å². The van der Waals surface area contributed by atoms with E-state index in [1.165, 1.54) is 11.1 Å². The third kappa shape index (κ3) is 2.10. The van der Waals surface area contributed by atoms with Crippen molar-refractivity contribution in [1.29, 1.82) is 0 Å². The topological polar surface area (TPSA) is 0 Å². The van der Waals surface area contributed by atoms with Crippen molar-refractivity contribution in [2.24, 2.45) is 0 Å². The Balaban J connectivity index is 2.45. The van der Waals surface area contributed by atoms with Gasteiger partial charge in [-0.2, -0.15) is 0 Å². The van der Waals surface area contributed by atoms with Crippen LogP contribution in [0.4, 0.5) is 0 Å². The predicted octanol–water partition coefficient (Wildman–Crippen LogP) is 3.93. The van der Waals surface area contributed by atoms with Gasteiger partial charge in [0.05, 0.1) is 0 Å². The average Bonchev–Trinajstić information content (AvgIpc) is 2.44. The van der Waals surface area contributed by atoms with E-state index in [0.29, 0.717) is 0 Å².